The number of nitrogens with two attached hydrogens (primary N) is 1. The lowest BCUT2D eigenvalue weighted by Gasteiger charge is -2.33. The fourth-order valence-electron chi connectivity index (χ4n) is 13.0. The monoisotopic (exact) mass is 1590 g/mol. The summed E-state index contributed by atoms with van der Waals surface area (Å²) >= 11 is 0. The molecule has 28 nitrogen and oxygen atoms in total. The summed E-state index contributed by atoms with van der Waals surface area (Å²) in [4.78, 5) is 205. The van der Waals surface area contributed by atoms with Crippen LogP contribution in [0.25, 0.3) is 0 Å². The lowest BCUT2D eigenvalue weighted by molar-refractivity contribution is -0.157. The Kier molecular flexibility index (Phi) is 42.6. The highest BCUT2D eigenvalue weighted by Crippen LogP contribution is 2.33. The number of ketones is 1. The highest BCUT2D eigenvalue weighted by atomic mass is 33.1. The van der Waals surface area contributed by atoms with Gasteiger partial charge in [-0.15, -0.1) is 0 Å². The van der Waals surface area contributed by atoms with Crippen molar-refractivity contribution in [2.45, 2.75) is 312 Å². The molecule has 0 aromatic heterocycles. The molecule has 0 radical (unpaired) electrons. The number of Topliss-reactive ketones (excluding diaryl/α,β-unsaturated/α-hetero) is 1. The fourth-order valence-corrected chi connectivity index (χ4v) is 15.2. The Hall–Kier alpha value is -7.60. The van der Waals surface area contributed by atoms with E-state index >= 15 is 19.2 Å². The van der Waals surface area contributed by atoms with Gasteiger partial charge < -0.3 is 73.9 Å². The third kappa shape index (κ3) is 31.4. The largest absolute Gasteiger partial charge is 0.458 e. The first-order valence-electron chi connectivity index (χ1n) is 40.2. The first-order valence-corrected chi connectivity index (χ1v) is 42.5. The van der Waals surface area contributed by atoms with Gasteiger partial charge in [0.15, 0.2) is 5.78 Å². The number of hydrogen-bond donors (Lipinski definition) is 12. The van der Waals surface area contributed by atoms with Crippen LogP contribution >= 0.6 is 21.6 Å². The zero-order chi connectivity index (χ0) is 83.8. The number of benzene rings is 1. The molecule has 30 heteroatoms. The van der Waals surface area contributed by atoms with Crippen molar-refractivity contribution in [3.63, 3.8) is 0 Å². The summed E-state index contributed by atoms with van der Waals surface area (Å²) in [7, 11) is 2.91. The molecule has 111 heavy (non-hydrogen) atoms. The first kappa shape index (κ1) is 97.6. The maximum Gasteiger partial charge on any atom is 0.329 e. The van der Waals surface area contributed by atoms with Crippen molar-refractivity contribution in [2.75, 3.05) is 13.1 Å². The molecule has 0 saturated carbocycles. The summed E-state index contributed by atoms with van der Waals surface area (Å²) in [6, 6.07) is -5.32. The van der Waals surface area contributed by atoms with E-state index in [1.165, 1.54) is 46.4 Å². The number of allylic oxidation sites excluding steroid dienone is 1. The molecule has 2 fully saturated rings. The fraction of sp³-hybridized carbons (Fsp3) is 0.728. The summed E-state index contributed by atoms with van der Waals surface area (Å²) in [5.41, 5.74) is 6.29. The van der Waals surface area contributed by atoms with E-state index < -0.39 is 196 Å². The topological polar surface area (TPSA) is 410 Å². The summed E-state index contributed by atoms with van der Waals surface area (Å²) in [5.74, 6) is -14.6. The number of hydrogen-bond acceptors (Lipinski definition) is 18. The number of nitrogens with zero attached hydrogens (tertiary/aromatic N) is 1. The number of carbonyl (C=O) groups is 14. The Labute approximate surface area is 667 Å². The van der Waals surface area contributed by atoms with E-state index in [1.807, 2.05) is 13.8 Å². The Morgan fingerprint density at radius 3 is 1.70 bits per heavy atom. The number of rotatable bonds is 39. The third-order valence-corrected chi connectivity index (χ3v) is 23.9. The molecule has 1 aromatic carbocycles. The van der Waals surface area contributed by atoms with E-state index in [-0.39, 0.29) is 61.4 Å². The number of likely N-dealkylation sites (tertiary alicyclic amines) is 1. The van der Waals surface area contributed by atoms with Gasteiger partial charge in [0.05, 0.1) is 6.04 Å². The van der Waals surface area contributed by atoms with Crippen molar-refractivity contribution < 1.29 is 71.9 Å². The molecule has 12 amide bonds. The molecule has 0 spiro atoms. The Bertz CT molecular complexity index is 3300. The van der Waals surface area contributed by atoms with Gasteiger partial charge in [0.1, 0.15) is 72.2 Å². The van der Waals surface area contributed by atoms with Crippen LogP contribution in [0, 0.1) is 53.3 Å². The average Bonchev–Trinajstić information content (AvgIpc) is 1.77. The number of amides is 12. The standard InChI is InChI=1S/C81H135N13O15S2/c1-22-50(18)66(77(104)92-68-52(20)109-81(108)65(48(14)15)89-71(98)56(24-3)83-72(99)57(41-54-34-27-25-28-35-54)84-73(100)62(45(8)9)86-76(103)67(51(19)23-2)91-78(68)105)90-70(97)55(36-29-26-30-39-82)42-59(95)58-37-32-40-94(58)80(107)64(47(12)13)88-75(102)63(46(10)11)87-79(106)69(53(21)111-110-49(16)17)93-74(101)61(44(6)7)85-60(96)38-31-33-43(4)5/h24-25,27-28,34-35,43-53,55,57-58,61-69H,22-23,26,29-33,36-42,82H2,1-21H3,(H,83,99)(H,84,100)(H,85,96)(H,86,103)(H,87,106)(H,88,102)(H,89,98)(H,90,97)(H,91,105)(H,92,104)(H,93,101)/b56-24-/t50-,51-,52-,53+,55+,57-,58+,61+,62+,63-,64+,65-,66+,67+,68+,69-/m0/s1. The summed E-state index contributed by atoms with van der Waals surface area (Å²) in [5, 5.41) is 30.4. The number of unbranched alkanes of at least 4 members (excludes halogenated alkanes) is 2. The summed E-state index contributed by atoms with van der Waals surface area (Å²) in [6.07, 6.45) is 4.13. The van der Waals surface area contributed by atoms with Gasteiger partial charge in [-0.25, -0.2) is 4.79 Å². The molecular formula is C81H135N13O15S2. The number of ether oxygens (including phenoxy) is 1. The molecule has 0 bridgehead atoms. The highest BCUT2D eigenvalue weighted by Gasteiger charge is 2.45. The molecule has 2 aliphatic rings. The second kappa shape index (κ2) is 48.5. The molecule has 626 valence electrons. The van der Waals surface area contributed by atoms with E-state index in [9.17, 15) is 47.9 Å². The average molecular weight is 1600 g/mol. The Balaban J connectivity index is 2.05. The third-order valence-electron chi connectivity index (χ3n) is 20.5. The second-order valence-electron chi connectivity index (χ2n) is 32.4. The van der Waals surface area contributed by atoms with Gasteiger partial charge in [0.2, 0.25) is 65.0 Å². The maximum absolute atomic E-state index is 15.2. The van der Waals surface area contributed by atoms with Crippen molar-refractivity contribution in [2.24, 2.45) is 59.0 Å². The minimum absolute atomic E-state index is 0.0281. The molecule has 1 aromatic rings. The zero-order valence-corrected chi connectivity index (χ0v) is 71.4. The van der Waals surface area contributed by atoms with Gasteiger partial charge in [-0.05, 0) is 112 Å². The molecule has 0 unspecified atom stereocenters. The molecule has 2 aliphatic heterocycles. The number of cyclic esters (lactones) is 1. The van der Waals surface area contributed by atoms with Crippen LogP contribution in [0.15, 0.2) is 42.1 Å². The van der Waals surface area contributed by atoms with Gasteiger partial charge in [0, 0.05) is 42.2 Å². The second-order valence-corrected chi connectivity index (χ2v) is 35.6. The summed E-state index contributed by atoms with van der Waals surface area (Å²) in [6.45, 7) is 37.4. The van der Waals surface area contributed by atoms with E-state index in [1.54, 1.807) is 134 Å². The number of nitrogens with one attached hydrogen (secondary N) is 11. The molecular weight excluding hydrogens is 1460 g/mol. The minimum atomic E-state index is -1.80. The molecule has 16 atom stereocenters. The van der Waals surface area contributed by atoms with Crippen LogP contribution in [0.4, 0.5) is 0 Å². The molecule has 2 heterocycles. The van der Waals surface area contributed by atoms with Crippen molar-refractivity contribution in [3.05, 3.63) is 47.7 Å². The van der Waals surface area contributed by atoms with Crippen LogP contribution in [0.1, 0.15) is 228 Å². The van der Waals surface area contributed by atoms with Crippen LogP contribution in [0.5, 0.6) is 0 Å². The van der Waals surface area contributed by atoms with Gasteiger partial charge in [-0.2, -0.15) is 0 Å². The maximum atomic E-state index is 15.2. The summed E-state index contributed by atoms with van der Waals surface area (Å²) < 4.78 is 6.01. The Morgan fingerprint density at radius 1 is 0.595 bits per heavy atom. The Morgan fingerprint density at radius 2 is 1.15 bits per heavy atom. The molecule has 2 saturated heterocycles. The van der Waals surface area contributed by atoms with Crippen molar-refractivity contribution >= 4 is 104 Å². The molecule has 13 N–H and O–H groups in total. The van der Waals surface area contributed by atoms with Crippen molar-refractivity contribution in [1.82, 2.24) is 63.4 Å². The van der Waals surface area contributed by atoms with Crippen LogP contribution in [0.3, 0.4) is 0 Å². The lowest BCUT2D eigenvalue weighted by atomic mass is 9.90. The van der Waals surface area contributed by atoms with Crippen LogP contribution < -0.4 is 64.2 Å². The molecule has 3 rings (SSSR count). The van der Waals surface area contributed by atoms with Gasteiger partial charge in [-0.1, -0.05) is 215 Å². The van der Waals surface area contributed by atoms with Gasteiger partial charge in [-0.3, -0.25) is 62.3 Å². The van der Waals surface area contributed by atoms with E-state index in [4.69, 9.17) is 10.5 Å². The highest BCUT2D eigenvalue weighted by molar-refractivity contribution is 8.77. The zero-order valence-electron chi connectivity index (χ0n) is 69.8. The van der Waals surface area contributed by atoms with Crippen LogP contribution in [-0.4, -0.2) is 184 Å². The smallest absolute Gasteiger partial charge is 0.329 e. The van der Waals surface area contributed by atoms with Crippen molar-refractivity contribution in [3.8, 4) is 0 Å². The predicted molar refractivity (Wildman–Crippen MR) is 434 cm³/mol. The van der Waals surface area contributed by atoms with Gasteiger partial charge in [0.25, 0.3) is 5.91 Å². The van der Waals surface area contributed by atoms with E-state index in [0.717, 1.165) is 6.42 Å². The van der Waals surface area contributed by atoms with Crippen LogP contribution in [0.2, 0.25) is 0 Å². The quantitative estimate of drug-likeness (QED) is 0.0145. The van der Waals surface area contributed by atoms with Crippen LogP contribution in [-0.2, 0) is 78.3 Å². The first-order chi connectivity index (χ1) is 52.1. The minimum Gasteiger partial charge on any atom is -0.458 e. The predicted octanol–water partition coefficient (Wildman–Crippen LogP) is 6.50. The number of esters is 1. The van der Waals surface area contributed by atoms with Gasteiger partial charge >= 0.3 is 5.97 Å². The normalized spacial score (nSPS) is 22.1. The molecule has 0 aliphatic carbocycles. The lowest BCUT2D eigenvalue weighted by Crippen LogP contribution is -2.63. The van der Waals surface area contributed by atoms with E-state index in [0.29, 0.717) is 63.0 Å². The SMILES string of the molecule is C/C=C1\NC(=O)[C@H](Cc2ccccc2)NC(=O)[C@@H](C(C)C)NC(=O)[C@@H]([C@@H](C)CC)NC(=O)[C@H](NC(=O)[C@H](NC(=O)[C@H](CCCCCN)CC(=O)[C@H]2CCCN2C(=O)[C@H](NC(=O)[C@@H](NC(=O)[C@@H](NC(=O)[C@H](NC(=O)CCCC(C)C)C(C)C)[C@@H](C)SSC(C)C)C(C)C)C(C)C)[C@@H](C)CC)[C@H](C)OC(=O)[C@H](C(C)C)NC1=O. The van der Waals surface area contributed by atoms with E-state index in [2.05, 4.69) is 72.3 Å². The number of carbonyl (C=O) groups excluding carboxylic acids is 14. The van der Waals surface area contributed by atoms with Crippen molar-refractivity contribution in [1.29, 1.82) is 0 Å².